The number of thioether (sulfide) groups is 1. The fourth-order valence-electron chi connectivity index (χ4n) is 0.254. The van der Waals surface area contributed by atoms with E-state index in [2.05, 4.69) is 10.5 Å². The van der Waals surface area contributed by atoms with E-state index >= 15 is 0 Å². The molecule has 0 amide bonds. The highest BCUT2D eigenvalue weighted by Crippen LogP contribution is 1.93. The highest BCUT2D eigenvalue weighted by atomic mass is 32.2. The van der Waals surface area contributed by atoms with E-state index in [1.54, 1.807) is 6.92 Å². The molecular formula is C6H10N2OS2. The largest absolute Gasteiger partial charge is 0.293 e. The van der Waals surface area contributed by atoms with E-state index in [1.807, 2.05) is 6.26 Å². The molecule has 1 N–H and O–H groups in total. The molecule has 0 aliphatic heterocycles. The lowest BCUT2D eigenvalue weighted by Crippen LogP contribution is -2.16. The van der Waals surface area contributed by atoms with Crippen molar-refractivity contribution in [2.75, 3.05) is 6.26 Å². The summed E-state index contributed by atoms with van der Waals surface area (Å²) in [5, 5.41) is 3.75. The fraction of sp³-hybridized carbons (Fsp3) is 0.500. The van der Waals surface area contributed by atoms with Gasteiger partial charge in [-0.1, -0.05) is 24.0 Å². The van der Waals surface area contributed by atoms with Gasteiger partial charge in [-0.15, -0.1) is 0 Å². The molecule has 0 heterocycles. The molecule has 11 heavy (non-hydrogen) atoms. The molecule has 0 aliphatic carbocycles. The molecule has 0 bridgehead atoms. The Balaban J connectivity index is 3.92. The minimum Gasteiger partial charge on any atom is -0.293 e. The second-order valence-electron chi connectivity index (χ2n) is 1.86. The molecule has 62 valence electrons. The minimum absolute atomic E-state index is 0.0543. The number of nitrogens with zero attached hydrogens (tertiary/aromatic N) is 1. The molecule has 0 aromatic carbocycles. The highest BCUT2D eigenvalue weighted by molar-refractivity contribution is 8.22. The van der Waals surface area contributed by atoms with Crippen molar-refractivity contribution in [3.63, 3.8) is 0 Å². The molecule has 0 aromatic rings. The summed E-state index contributed by atoms with van der Waals surface area (Å²) < 4.78 is 0.561. The topological polar surface area (TPSA) is 41.5 Å². The van der Waals surface area contributed by atoms with Crippen LogP contribution in [-0.4, -0.2) is 22.1 Å². The van der Waals surface area contributed by atoms with Crippen LogP contribution in [0.25, 0.3) is 0 Å². The molecule has 5 heteroatoms. The number of carbonyl (C=O) groups excluding carboxylic acids is 1. The third-order valence-electron chi connectivity index (χ3n) is 1.01. The normalized spacial score (nSPS) is 11.0. The summed E-state index contributed by atoms with van der Waals surface area (Å²) in [6, 6.07) is 0. The number of Topliss-reactive ketones (excluding diaryl/α,β-unsaturated/α-hetero) is 1. The van der Waals surface area contributed by atoms with E-state index < -0.39 is 0 Å². The predicted molar refractivity (Wildman–Crippen MR) is 53.0 cm³/mol. The zero-order chi connectivity index (χ0) is 8.85. The molecule has 0 radical (unpaired) electrons. The molecule has 0 aromatic heterocycles. The Morgan fingerprint density at radius 2 is 2.09 bits per heavy atom. The monoisotopic (exact) mass is 190 g/mol. The standard InChI is InChI=1S/C6H10N2OS2/c1-4(5(2)9)7-8-6(10)11-3/h1-3H3,(H,8,10)/b7-4+. The fourth-order valence-corrected chi connectivity index (χ4v) is 0.436. The highest BCUT2D eigenvalue weighted by Gasteiger charge is 1.96. The van der Waals surface area contributed by atoms with Crippen LogP contribution in [0.3, 0.4) is 0 Å². The first-order chi connectivity index (χ1) is 5.07. The van der Waals surface area contributed by atoms with Gasteiger partial charge in [0, 0.05) is 6.92 Å². The summed E-state index contributed by atoms with van der Waals surface area (Å²) in [6.45, 7) is 3.10. The molecule has 0 atom stereocenters. The Kier molecular flexibility index (Phi) is 5.06. The molecule has 0 spiro atoms. The van der Waals surface area contributed by atoms with Crippen molar-refractivity contribution in [2.24, 2.45) is 5.10 Å². The van der Waals surface area contributed by atoms with Gasteiger partial charge in [0.25, 0.3) is 0 Å². The van der Waals surface area contributed by atoms with Gasteiger partial charge in [-0.05, 0) is 13.2 Å². The lowest BCUT2D eigenvalue weighted by molar-refractivity contribution is -0.111. The number of ketones is 1. The van der Waals surface area contributed by atoms with Crippen LogP contribution in [0.4, 0.5) is 0 Å². The van der Waals surface area contributed by atoms with Gasteiger partial charge in [0.1, 0.15) is 5.71 Å². The van der Waals surface area contributed by atoms with Crippen LogP contribution >= 0.6 is 24.0 Å². The number of carbonyl (C=O) groups is 1. The van der Waals surface area contributed by atoms with Crippen molar-refractivity contribution in [3.8, 4) is 0 Å². The Morgan fingerprint density at radius 1 is 1.55 bits per heavy atom. The summed E-state index contributed by atoms with van der Waals surface area (Å²) in [5.41, 5.74) is 3.01. The van der Waals surface area contributed by atoms with Crippen LogP contribution in [0.2, 0.25) is 0 Å². The van der Waals surface area contributed by atoms with Gasteiger partial charge in [0.05, 0.1) is 0 Å². The molecule has 0 fully saturated rings. The number of nitrogens with one attached hydrogen (secondary N) is 1. The van der Waals surface area contributed by atoms with E-state index in [-0.39, 0.29) is 5.78 Å². The van der Waals surface area contributed by atoms with E-state index in [4.69, 9.17) is 12.2 Å². The first-order valence-corrected chi connectivity index (χ1v) is 4.60. The van der Waals surface area contributed by atoms with E-state index in [1.165, 1.54) is 18.7 Å². The third-order valence-corrected chi connectivity index (χ3v) is 2.06. The minimum atomic E-state index is -0.0543. The van der Waals surface area contributed by atoms with Crippen molar-refractivity contribution < 1.29 is 4.79 Å². The second kappa shape index (κ2) is 5.26. The first-order valence-electron chi connectivity index (χ1n) is 2.97. The second-order valence-corrected chi connectivity index (χ2v) is 3.34. The smallest absolute Gasteiger partial charge is 0.175 e. The number of rotatable bonds is 2. The Morgan fingerprint density at radius 3 is 2.45 bits per heavy atom. The Labute approximate surface area is 75.6 Å². The van der Waals surface area contributed by atoms with Crippen LogP contribution < -0.4 is 5.43 Å². The summed E-state index contributed by atoms with van der Waals surface area (Å²) in [5.74, 6) is -0.0543. The van der Waals surface area contributed by atoms with Gasteiger partial charge in [-0.3, -0.25) is 10.2 Å². The van der Waals surface area contributed by atoms with E-state index in [9.17, 15) is 4.79 Å². The molecule has 0 aliphatic rings. The average Bonchev–Trinajstić information content (AvgIpc) is 1.99. The summed E-state index contributed by atoms with van der Waals surface area (Å²) in [6.07, 6.45) is 1.84. The summed E-state index contributed by atoms with van der Waals surface area (Å²) in [7, 11) is 0. The van der Waals surface area contributed by atoms with E-state index in [0.717, 1.165) is 0 Å². The van der Waals surface area contributed by atoms with Gasteiger partial charge in [0.2, 0.25) is 0 Å². The maximum atomic E-state index is 10.6. The van der Waals surface area contributed by atoms with Gasteiger partial charge >= 0.3 is 0 Å². The predicted octanol–water partition coefficient (Wildman–Crippen LogP) is 1.19. The molecule has 0 saturated carbocycles. The maximum Gasteiger partial charge on any atom is 0.175 e. The Hall–Kier alpha value is -0.420. The third kappa shape index (κ3) is 4.92. The van der Waals surface area contributed by atoms with Crippen molar-refractivity contribution in [2.45, 2.75) is 13.8 Å². The van der Waals surface area contributed by atoms with Gasteiger partial charge < -0.3 is 0 Å². The lowest BCUT2D eigenvalue weighted by atomic mass is 10.3. The lowest BCUT2D eigenvalue weighted by Gasteiger charge is -1.98. The number of hydrazone groups is 1. The zero-order valence-electron chi connectivity index (χ0n) is 6.67. The maximum absolute atomic E-state index is 10.6. The Bertz CT molecular complexity index is 201. The quantitative estimate of drug-likeness (QED) is 0.403. The zero-order valence-corrected chi connectivity index (χ0v) is 8.30. The van der Waals surface area contributed by atoms with E-state index in [0.29, 0.717) is 10.0 Å². The number of hydrogen-bond donors (Lipinski definition) is 1. The number of hydrogen-bond acceptors (Lipinski definition) is 4. The van der Waals surface area contributed by atoms with Gasteiger partial charge in [-0.25, -0.2) is 0 Å². The molecule has 0 unspecified atom stereocenters. The van der Waals surface area contributed by atoms with Crippen molar-refractivity contribution in [1.82, 2.24) is 5.43 Å². The summed E-state index contributed by atoms with van der Waals surface area (Å²) >= 11 is 6.17. The SMILES string of the molecule is CSC(=S)N/N=C(\C)C(C)=O. The van der Waals surface area contributed by atoms with Crippen LogP contribution in [0, 0.1) is 0 Å². The van der Waals surface area contributed by atoms with Crippen molar-refractivity contribution in [3.05, 3.63) is 0 Å². The van der Waals surface area contributed by atoms with Crippen LogP contribution in [0.5, 0.6) is 0 Å². The molecule has 0 rings (SSSR count). The molecule has 0 saturated heterocycles. The van der Waals surface area contributed by atoms with Crippen molar-refractivity contribution in [1.29, 1.82) is 0 Å². The molecule has 3 nitrogen and oxygen atoms in total. The van der Waals surface area contributed by atoms with Gasteiger partial charge in [0.15, 0.2) is 10.1 Å². The first kappa shape index (κ1) is 10.6. The molecular weight excluding hydrogens is 180 g/mol. The van der Waals surface area contributed by atoms with Crippen molar-refractivity contribution >= 4 is 39.8 Å². The van der Waals surface area contributed by atoms with Crippen LogP contribution in [0.1, 0.15) is 13.8 Å². The number of thiocarbonyl (C=S) groups is 1. The average molecular weight is 190 g/mol. The summed E-state index contributed by atoms with van der Waals surface area (Å²) in [4.78, 5) is 10.6. The van der Waals surface area contributed by atoms with Gasteiger partial charge in [-0.2, -0.15) is 5.10 Å². The van der Waals surface area contributed by atoms with Crippen LogP contribution in [0.15, 0.2) is 5.10 Å². The van der Waals surface area contributed by atoms with Crippen LogP contribution in [-0.2, 0) is 4.79 Å².